The maximum atomic E-state index is 12.7. The molecule has 1 N–H and O–H groups in total. The van der Waals surface area contributed by atoms with Crippen LogP contribution in [0.2, 0.25) is 0 Å². The molecule has 0 aromatic heterocycles. The zero-order valence-corrected chi connectivity index (χ0v) is 16.3. The molecule has 1 heterocycles. The Hall–Kier alpha value is -3.15. The van der Waals surface area contributed by atoms with Crippen LogP contribution in [0.1, 0.15) is 37.6 Å². The zero-order valence-electron chi connectivity index (χ0n) is 16.3. The molecular weight excluding hydrogens is 356 g/mol. The van der Waals surface area contributed by atoms with Gasteiger partial charge in [0.05, 0.1) is 17.7 Å². The highest BCUT2D eigenvalue weighted by Crippen LogP contribution is 2.34. The van der Waals surface area contributed by atoms with Gasteiger partial charge in [-0.2, -0.15) is 0 Å². The van der Waals surface area contributed by atoms with Crippen LogP contribution in [0.5, 0.6) is 5.75 Å². The average Bonchev–Trinajstić information content (AvgIpc) is 3.03. The summed E-state index contributed by atoms with van der Waals surface area (Å²) in [6.45, 7) is 5.61. The number of rotatable bonds is 6. The molecule has 1 saturated heterocycles. The van der Waals surface area contributed by atoms with Gasteiger partial charge in [0.15, 0.2) is 5.78 Å². The molecule has 2 amide bonds. The van der Waals surface area contributed by atoms with Crippen molar-refractivity contribution in [3.8, 4) is 5.75 Å². The number of ether oxygens (including phenoxy) is 1. The third kappa shape index (κ3) is 4.39. The molecule has 1 aliphatic heterocycles. The predicted octanol–water partition coefficient (Wildman–Crippen LogP) is 3.67. The normalized spacial score (nSPS) is 16.4. The van der Waals surface area contributed by atoms with Crippen molar-refractivity contribution >= 4 is 29.0 Å². The van der Waals surface area contributed by atoms with Gasteiger partial charge in [0.1, 0.15) is 5.75 Å². The molecule has 1 aliphatic rings. The van der Waals surface area contributed by atoms with Gasteiger partial charge in [0.25, 0.3) is 0 Å². The van der Waals surface area contributed by atoms with E-state index in [2.05, 4.69) is 5.32 Å². The summed E-state index contributed by atoms with van der Waals surface area (Å²) >= 11 is 0. The Morgan fingerprint density at radius 2 is 1.89 bits per heavy atom. The Kier molecular flexibility index (Phi) is 5.78. The highest BCUT2D eigenvalue weighted by molar-refractivity contribution is 6.04. The molecule has 2 aromatic carbocycles. The van der Waals surface area contributed by atoms with Gasteiger partial charge < -0.3 is 15.0 Å². The number of ketones is 1. The van der Waals surface area contributed by atoms with Crippen LogP contribution >= 0.6 is 0 Å². The van der Waals surface area contributed by atoms with E-state index in [0.717, 1.165) is 0 Å². The molecule has 146 valence electrons. The molecular formula is C22H24N2O4. The van der Waals surface area contributed by atoms with Crippen molar-refractivity contribution in [3.05, 3.63) is 54.1 Å². The van der Waals surface area contributed by atoms with Crippen molar-refractivity contribution in [1.82, 2.24) is 0 Å². The summed E-state index contributed by atoms with van der Waals surface area (Å²) in [6, 6.07) is 14.1. The third-order valence-electron chi connectivity index (χ3n) is 4.55. The van der Waals surface area contributed by atoms with Gasteiger partial charge in [0, 0.05) is 24.2 Å². The number of hydrogen-bond acceptors (Lipinski definition) is 4. The Morgan fingerprint density at radius 3 is 2.61 bits per heavy atom. The smallest absolute Gasteiger partial charge is 0.229 e. The number of anilines is 2. The second kappa shape index (κ2) is 8.25. The fourth-order valence-corrected chi connectivity index (χ4v) is 3.21. The molecule has 6 nitrogen and oxygen atoms in total. The van der Waals surface area contributed by atoms with E-state index in [-0.39, 0.29) is 36.7 Å². The number of hydrogen-bond donors (Lipinski definition) is 1. The molecule has 0 saturated carbocycles. The van der Waals surface area contributed by atoms with E-state index in [1.54, 1.807) is 29.2 Å². The first kappa shape index (κ1) is 19.6. The van der Waals surface area contributed by atoms with Crippen molar-refractivity contribution in [2.24, 2.45) is 5.92 Å². The zero-order chi connectivity index (χ0) is 20.3. The average molecular weight is 380 g/mol. The number of para-hydroxylation sites is 2. The first-order valence-electron chi connectivity index (χ1n) is 9.33. The summed E-state index contributed by atoms with van der Waals surface area (Å²) < 4.78 is 5.81. The van der Waals surface area contributed by atoms with Gasteiger partial charge >= 0.3 is 0 Å². The molecule has 1 atom stereocenters. The van der Waals surface area contributed by atoms with Crippen LogP contribution in [0, 0.1) is 5.92 Å². The Balaban J connectivity index is 1.73. The van der Waals surface area contributed by atoms with Crippen LogP contribution in [0.4, 0.5) is 11.4 Å². The summed E-state index contributed by atoms with van der Waals surface area (Å²) in [5.41, 5.74) is 1.75. The third-order valence-corrected chi connectivity index (χ3v) is 4.55. The Morgan fingerprint density at radius 1 is 1.14 bits per heavy atom. The lowest BCUT2D eigenvalue weighted by atomic mass is 10.1. The minimum atomic E-state index is -0.472. The fraction of sp³-hybridized carbons (Fsp3) is 0.318. The van der Waals surface area contributed by atoms with Crippen LogP contribution < -0.4 is 15.0 Å². The molecule has 2 aromatic rings. The van der Waals surface area contributed by atoms with E-state index in [1.165, 1.54) is 6.92 Å². The van der Waals surface area contributed by atoms with Crippen LogP contribution in [-0.4, -0.2) is 30.2 Å². The highest BCUT2D eigenvalue weighted by atomic mass is 16.5. The molecule has 1 fully saturated rings. The number of benzene rings is 2. The van der Waals surface area contributed by atoms with Crippen LogP contribution in [0.3, 0.4) is 0 Å². The molecule has 1 unspecified atom stereocenters. The Labute approximate surface area is 164 Å². The number of nitrogens with one attached hydrogen (secondary N) is 1. The van der Waals surface area contributed by atoms with Crippen LogP contribution in [0.15, 0.2) is 48.5 Å². The summed E-state index contributed by atoms with van der Waals surface area (Å²) in [7, 11) is 0. The minimum Gasteiger partial charge on any atom is -0.489 e. The molecule has 0 radical (unpaired) electrons. The maximum Gasteiger partial charge on any atom is 0.229 e. The standard InChI is InChI=1S/C22H24N2O4/c1-14(2)28-20-10-5-4-9-19(20)24-13-17(12-21(24)26)22(27)23-18-8-6-7-16(11-18)15(3)25/h4-11,14,17H,12-13H2,1-3H3,(H,23,27). The van der Waals surface area contributed by atoms with Crippen molar-refractivity contribution in [1.29, 1.82) is 0 Å². The highest BCUT2D eigenvalue weighted by Gasteiger charge is 2.36. The van der Waals surface area contributed by atoms with Crippen molar-refractivity contribution < 1.29 is 19.1 Å². The minimum absolute atomic E-state index is 0.0218. The van der Waals surface area contributed by atoms with Crippen LogP contribution in [-0.2, 0) is 9.59 Å². The van der Waals surface area contributed by atoms with Crippen molar-refractivity contribution in [2.45, 2.75) is 33.3 Å². The molecule has 3 rings (SSSR count). The molecule has 28 heavy (non-hydrogen) atoms. The fourth-order valence-electron chi connectivity index (χ4n) is 3.21. The van der Waals surface area contributed by atoms with Gasteiger partial charge in [-0.3, -0.25) is 14.4 Å². The van der Waals surface area contributed by atoms with E-state index in [9.17, 15) is 14.4 Å². The number of Topliss-reactive ketones (excluding diaryl/α,β-unsaturated/α-hetero) is 1. The molecule has 0 bridgehead atoms. The maximum absolute atomic E-state index is 12.7. The topological polar surface area (TPSA) is 75.7 Å². The summed E-state index contributed by atoms with van der Waals surface area (Å²) in [4.78, 5) is 38.4. The monoisotopic (exact) mass is 380 g/mol. The summed E-state index contributed by atoms with van der Waals surface area (Å²) in [5, 5.41) is 2.82. The van der Waals surface area contributed by atoms with E-state index in [4.69, 9.17) is 4.74 Å². The van der Waals surface area contributed by atoms with Crippen LogP contribution in [0.25, 0.3) is 0 Å². The second-order valence-corrected chi connectivity index (χ2v) is 7.17. The van der Waals surface area contributed by atoms with E-state index < -0.39 is 5.92 Å². The Bertz CT molecular complexity index is 907. The first-order chi connectivity index (χ1) is 13.3. The van der Waals surface area contributed by atoms with E-state index >= 15 is 0 Å². The van der Waals surface area contributed by atoms with Gasteiger partial charge in [-0.25, -0.2) is 0 Å². The molecule has 6 heteroatoms. The largest absolute Gasteiger partial charge is 0.489 e. The first-order valence-corrected chi connectivity index (χ1v) is 9.33. The van der Waals surface area contributed by atoms with E-state index in [1.807, 2.05) is 38.1 Å². The lowest BCUT2D eigenvalue weighted by Crippen LogP contribution is -2.28. The second-order valence-electron chi connectivity index (χ2n) is 7.17. The molecule has 0 spiro atoms. The predicted molar refractivity (Wildman–Crippen MR) is 108 cm³/mol. The number of carbonyl (C=O) groups excluding carboxylic acids is 3. The summed E-state index contributed by atoms with van der Waals surface area (Å²) in [5.74, 6) is -0.266. The van der Waals surface area contributed by atoms with Crippen molar-refractivity contribution in [3.63, 3.8) is 0 Å². The lowest BCUT2D eigenvalue weighted by Gasteiger charge is -2.21. The van der Waals surface area contributed by atoms with Gasteiger partial charge in [-0.1, -0.05) is 24.3 Å². The van der Waals surface area contributed by atoms with Gasteiger partial charge in [-0.05, 0) is 45.0 Å². The number of nitrogens with zero attached hydrogens (tertiary/aromatic N) is 1. The van der Waals surface area contributed by atoms with Gasteiger partial charge in [-0.15, -0.1) is 0 Å². The number of carbonyl (C=O) groups is 3. The molecule has 0 aliphatic carbocycles. The number of amides is 2. The van der Waals surface area contributed by atoms with Gasteiger partial charge in [0.2, 0.25) is 11.8 Å². The van der Waals surface area contributed by atoms with E-state index in [0.29, 0.717) is 22.7 Å². The quantitative estimate of drug-likeness (QED) is 0.776. The van der Waals surface area contributed by atoms with Crippen molar-refractivity contribution in [2.75, 3.05) is 16.8 Å². The summed E-state index contributed by atoms with van der Waals surface area (Å²) in [6.07, 6.45) is 0.111. The lowest BCUT2D eigenvalue weighted by molar-refractivity contribution is -0.122. The SMILES string of the molecule is CC(=O)c1cccc(NC(=O)C2CC(=O)N(c3ccccc3OC(C)C)C2)c1.